The van der Waals surface area contributed by atoms with Gasteiger partial charge in [0.2, 0.25) is 5.91 Å². The Hall–Kier alpha value is -2.63. The summed E-state index contributed by atoms with van der Waals surface area (Å²) in [5.74, 6) is 0.563. The first-order chi connectivity index (χ1) is 11.5. The maximum Gasteiger partial charge on any atom is 0.289 e. The monoisotopic (exact) mass is 330 g/mol. The van der Waals surface area contributed by atoms with Gasteiger partial charge in [0.1, 0.15) is 11.6 Å². The van der Waals surface area contributed by atoms with Crippen LogP contribution in [-0.2, 0) is 11.2 Å². The molecule has 1 aromatic carbocycles. The average Bonchev–Trinajstić information content (AvgIpc) is 3.03. The van der Waals surface area contributed by atoms with Crippen LogP contribution in [0.3, 0.4) is 0 Å². The number of hydrogen-bond donors (Lipinski definition) is 0. The molecule has 2 heterocycles. The standard InChI is InChI=1S/C18H19FN2O3/c1-13-2-7-16(24-13)18(23)21-10-8-20(9-11-21)17(22)12-14-3-5-15(19)6-4-14/h2-7H,8-12H2,1H3. The molecule has 3 rings (SSSR count). The zero-order chi connectivity index (χ0) is 17.1. The molecule has 0 saturated carbocycles. The van der Waals surface area contributed by atoms with Gasteiger partial charge in [0.15, 0.2) is 5.76 Å². The van der Waals surface area contributed by atoms with Crippen LogP contribution in [0.25, 0.3) is 0 Å². The second-order valence-corrected chi connectivity index (χ2v) is 5.89. The lowest BCUT2D eigenvalue weighted by molar-refractivity contribution is -0.131. The van der Waals surface area contributed by atoms with Crippen LogP contribution in [0.15, 0.2) is 40.8 Å². The van der Waals surface area contributed by atoms with Crippen molar-refractivity contribution in [2.75, 3.05) is 26.2 Å². The molecule has 0 unspecified atom stereocenters. The molecule has 126 valence electrons. The van der Waals surface area contributed by atoms with Gasteiger partial charge in [0, 0.05) is 26.2 Å². The predicted octanol–water partition coefficient (Wildman–Crippen LogP) is 2.25. The minimum Gasteiger partial charge on any atom is -0.456 e. The van der Waals surface area contributed by atoms with Crippen LogP contribution >= 0.6 is 0 Å². The number of hydrogen-bond acceptors (Lipinski definition) is 3. The third-order valence-electron chi connectivity index (χ3n) is 4.14. The van der Waals surface area contributed by atoms with E-state index >= 15 is 0 Å². The molecule has 0 aliphatic carbocycles. The maximum absolute atomic E-state index is 12.9. The number of benzene rings is 1. The molecule has 1 saturated heterocycles. The lowest BCUT2D eigenvalue weighted by Gasteiger charge is -2.34. The van der Waals surface area contributed by atoms with E-state index in [1.807, 2.05) is 0 Å². The Morgan fingerprint density at radius 2 is 1.62 bits per heavy atom. The number of carbonyl (C=O) groups is 2. The largest absolute Gasteiger partial charge is 0.456 e. The Morgan fingerprint density at radius 1 is 1.00 bits per heavy atom. The lowest BCUT2D eigenvalue weighted by atomic mass is 10.1. The molecule has 0 atom stereocenters. The number of furan rings is 1. The van der Waals surface area contributed by atoms with Gasteiger partial charge in [-0.1, -0.05) is 12.1 Å². The van der Waals surface area contributed by atoms with E-state index in [9.17, 15) is 14.0 Å². The summed E-state index contributed by atoms with van der Waals surface area (Å²) in [6.07, 6.45) is 0.242. The molecule has 1 aliphatic heterocycles. The van der Waals surface area contributed by atoms with Crippen LogP contribution in [0, 0.1) is 12.7 Å². The van der Waals surface area contributed by atoms with Crippen molar-refractivity contribution in [3.8, 4) is 0 Å². The van der Waals surface area contributed by atoms with E-state index in [1.165, 1.54) is 12.1 Å². The Kier molecular flexibility index (Phi) is 4.64. The van der Waals surface area contributed by atoms with Crippen LogP contribution in [0.5, 0.6) is 0 Å². The molecule has 0 N–H and O–H groups in total. The molecule has 0 radical (unpaired) electrons. The first-order valence-corrected chi connectivity index (χ1v) is 7.91. The second kappa shape index (κ2) is 6.86. The van der Waals surface area contributed by atoms with Crippen molar-refractivity contribution in [2.45, 2.75) is 13.3 Å². The molecule has 5 nitrogen and oxygen atoms in total. The fourth-order valence-corrected chi connectivity index (χ4v) is 2.75. The summed E-state index contributed by atoms with van der Waals surface area (Å²) in [6.45, 7) is 3.74. The highest BCUT2D eigenvalue weighted by molar-refractivity contribution is 5.91. The molecule has 1 aliphatic rings. The van der Waals surface area contributed by atoms with Crippen molar-refractivity contribution >= 4 is 11.8 Å². The fraction of sp³-hybridized carbons (Fsp3) is 0.333. The number of nitrogens with zero attached hydrogens (tertiary/aromatic N) is 2. The van der Waals surface area contributed by atoms with E-state index in [0.29, 0.717) is 37.7 Å². The maximum atomic E-state index is 12.9. The van der Waals surface area contributed by atoms with Crippen molar-refractivity contribution in [3.63, 3.8) is 0 Å². The summed E-state index contributed by atoms with van der Waals surface area (Å²) in [6, 6.07) is 9.37. The quantitative estimate of drug-likeness (QED) is 0.867. The van der Waals surface area contributed by atoms with Crippen LogP contribution in [0.1, 0.15) is 21.9 Å². The topological polar surface area (TPSA) is 53.8 Å². The second-order valence-electron chi connectivity index (χ2n) is 5.89. The van der Waals surface area contributed by atoms with Gasteiger partial charge < -0.3 is 14.2 Å². The normalized spacial score (nSPS) is 14.8. The van der Waals surface area contributed by atoms with Crippen LogP contribution in [0.4, 0.5) is 4.39 Å². The van der Waals surface area contributed by atoms with E-state index < -0.39 is 0 Å². The Bertz CT molecular complexity index is 731. The molecule has 2 amide bonds. The van der Waals surface area contributed by atoms with Crippen molar-refractivity contribution in [1.29, 1.82) is 0 Å². The summed E-state index contributed by atoms with van der Waals surface area (Å²) in [5, 5.41) is 0. The fourth-order valence-electron chi connectivity index (χ4n) is 2.75. The minimum absolute atomic E-state index is 0.0115. The number of piperazine rings is 1. The van der Waals surface area contributed by atoms with Crippen molar-refractivity contribution < 1.29 is 18.4 Å². The molecular weight excluding hydrogens is 311 g/mol. The van der Waals surface area contributed by atoms with Gasteiger partial charge in [-0.2, -0.15) is 0 Å². The van der Waals surface area contributed by atoms with Crippen LogP contribution < -0.4 is 0 Å². The number of halogens is 1. The summed E-state index contributed by atoms with van der Waals surface area (Å²) >= 11 is 0. The summed E-state index contributed by atoms with van der Waals surface area (Å²) in [7, 11) is 0. The Labute approximate surface area is 139 Å². The molecule has 6 heteroatoms. The van der Waals surface area contributed by atoms with Gasteiger partial charge in [0.25, 0.3) is 5.91 Å². The van der Waals surface area contributed by atoms with E-state index in [0.717, 1.165) is 5.56 Å². The summed E-state index contributed by atoms with van der Waals surface area (Å²) in [5.41, 5.74) is 0.783. The molecule has 24 heavy (non-hydrogen) atoms. The molecule has 2 aromatic rings. The smallest absolute Gasteiger partial charge is 0.289 e. The molecule has 0 bridgehead atoms. The zero-order valence-electron chi connectivity index (χ0n) is 13.5. The number of rotatable bonds is 3. The Balaban J connectivity index is 1.53. The molecule has 1 aromatic heterocycles. The first-order valence-electron chi connectivity index (χ1n) is 7.91. The highest BCUT2D eigenvalue weighted by Crippen LogP contribution is 2.13. The third-order valence-corrected chi connectivity index (χ3v) is 4.14. The van der Waals surface area contributed by atoms with Crippen molar-refractivity contribution in [3.05, 3.63) is 59.3 Å². The highest BCUT2D eigenvalue weighted by atomic mass is 19.1. The Morgan fingerprint density at radius 3 is 2.21 bits per heavy atom. The lowest BCUT2D eigenvalue weighted by Crippen LogP contribution is -2.50. The summed E-state index contributed by atoms with van der Waals surface area (Å²) in [4.78, 5) is 28.0. The molecule has 1 fully saturated rings. The summed E-state index contributed by atoms with van der Waals surface area (Å²) < 4.78 is 18.3. The third kappa shape index (κ3) is 3.64. The van der Waals surface area contributed by atoms with Crippen LogP contribution in [0.2, 0.25) is 0 Å². The van der Waals surface area contributed by atoms with Gasteiger partial charge in [0.05, 0.1) is 6.42 Å². The van der Waals surface area contributed by atoms with E-state index in [1.54, 1.807) is 41.0 Å². The van der Waals surface area contributed by atoms with E-state index in [4.69, 9.17) is 4.42 Å². The van der Waals surface area contributed by atoms with Gasteiger partial charge in [-0.3, -0.25) is 9.59 Å². The van der Waals surface area contributed by atoms with Crippen molar-refractivity contribution in [2.24, 2.45) is 0 Å². The first kappa shape index (κ1) is 16.2. The van der Waals surface area contributed by atoms with E-state index in [-0.39, 0.29) is 24.1 Å². The number of amides is 2. The van der Waals surface area contributed by atoms with Gasteiger partial charge in [-0.05, 0) is 36.8 Å². The van der Waals surface area contributed by atoms with Gasteiger partial charge in [-0.15, -0.1) is 0 Å². The SMILES string of the molecule is Cc1ccc(C(=O)N2CCN(C(=O)Cc3ccc(F)cc3)CC2)o1. The number of aryl methyl sites for hydroxylation is 1. The van der Waals surface area contributed by atoms with Gasteiger partial charge in [-0.25, -0.2) is 4.39 Å². The average molecular weight is 330 g/mol. The molecule has 0 spiro atoms. The zero-order valence-corrected chi connectivity index (χ0v) is 13.5. The predicted molar refractivity (Wildman–Crippen MR) is 86.0 cm³/mol. The van der Waals surface area contributed by atoms with Crippen molar-refractivity contribution in [1.82, 2.24) is 9.80 Å². The molecular formula is C18H19FN2O3. The van der Waals surface area contributed by atoms with E-state index in [2.05, 4.69) is 0 Å². The highest BCUT2D eigenvalue weighted by Gasteiger charge is 2.26. The van der Waals surface area contributed by atoms with Crippen LogP contribution in [-0.4, -0.2) is 47.8 Å². The minimum atomic E-state index is -0.313. The van der Waals surface area contributed by atoms with Gasteiger partial charge >= 0.3 is 0 Å². The number of carbonyl (C=O) groups excluding carboxylic acids is 2.